The highest BCUT2D eigenvalue weighted by Gasteiger charge is 2.10. The average molecular weight is 260 g/mol. The summed E-state index contributed by atoms with van der Waals surface area (Å²) >= 11 is 3.42. The molecule has 2 N–H and O–H groups in total. The topological polar surface area (TPSA) is 38.9 Å². The number of para-hydroxylation sites is 1. The van der Waals surface area contributed by atoms with Gasteiger partial charge in [0.15, 0.2) is 0 Å². The Hall–Kier alpha value is -1.23. The molecule has 1 aromatic carbocycles. The van der Waals surface area contributed by atoms with Gasteiger partial charge in [-0.05, 0) is 34.5 Å². The fraction of sp³-hybridized carbons (Fsp3) is 0.154. The molecule has 0 fully saturated rings. The van der Waals surface area contributed by atoms with Crippen LogP contribution in [0.2, 0.25) is 0 Å². The molecule has 2 heterocycles. The van der Waals surface area contributed by atoms with E-state index in [0.29, 0.717) is 0 Å². The van der Waals surface area contributed by atoms with E-state index >= 15 is 0 Å². The lowest BCUT2D eigenvalue weighted by Gasteiger charge is -2.06. The minimum absolute atomic E-state index is 0.0572. The summed E-state index contributed by atoms with van der Waals surface area (Å²) < 4.78 is 1.24. The molecule has 0 aliphatic rings. The number of aromatic nitrogens is 1. The largest absolute Gasteiger partial charge is 0.324 e. The molecule has 2 aromatic heterocycles. The zero-order chi connectivity index (χ0) is 11.7. The Kier molecular flexibility index (Phi) is 2.93. The van der Waals surface area contributed by atoms with Crippen molar-refractivity contribution in [3.05, 3.63) is 51.7 Å². The van der Waals surface area contributed by atoms with Crippen molar-refractivity contribution in [1.29, 1.82) is 0 Å². The van der Waals surface area contributed by atoms with E-state index in [9.17, 15) is 0 Å². The van der Waals surface area contributed by atoms with E-state index in [-0.39, 0.29) is 6.04 Å². The minimum Gasteiger partial charge on any atom is -0.324 e. The Morgan fingerprint density at radius 3 is 2.88 bits per heavy atom. The molecule has 0 saturated carbocycles. The fourth-order valence-corrected chi connectivity index (χ4v) is 3.55. The molecule has 0 radical (unpaired) electrons. The van der Waals surface area contributed by atoms with Crippen LogP contribution in [0, 0.1) is 0 Å². The van der Waals surface area contributed by atoms with Gasteiger partial charge in [0.05, 0.1) is 15.2 Å². The second-order valence-electron chi connectivity index (χ2n) is 3.94. The Bertz CT molecular complexity index is 580. The van der Waals surface area contributed by atoms with Crippen LogP contribution in [0.25, 0.3) is 10.2 Å². The molecule has 1 atom stereocenters. The predicted octanol–water partition coefficient (Wildman–Crippen LogP) is 3.60. The van der Waals surface area contributed by atoms with Gasteiger partial charge >= 0.3 is 0 Å². The number of hydrogen-bond acceptors (Lipinski definition) is 4. The zero-order valence-electron chi connectivity index (χ0n) is 9.17. The Balaban J connectivity index is 1.85. The minimum atomic E-state index is 0.0572. The molecule has 0 spiro atoms. The van der Waals surface area contributed by atoms with Crippen molar-refractivity contribution in [1.82, 2.24) is 4.98 Å². The van der Waals surface area contributed by atoms with Crippen LogP contribution in [0.15, 0.2) is 41.1 Å². The van der Waals surface area contributed by atoms with Gasteiger partial charge < -0.3 is 5.73 Å². The lowest BCUT2D eigenvalue weighted by molar-refractivity contribution is 0.722. The molecule has 3 aromatic rings. The molecule has 0 aliphatic carbocycles. The van der Waals surface area contributed by atoms with Crippen molar-refractivity contribution in [2.24, 2.45) is 5.73 Å². The van der Waals surface area contributed by atoms with E-state index in [0.717, 1.165) is 16.9 Å². The van der Waals surface area contributed by atoms with E-state index in [1.54, 1.807) is 22.7 Å². The lowest BCUT2D eigenvalue weighted by Crippen LogP contribution is -2.12. The number of benzene rings is 1. The van der Waals surface area contributed by atoms with Crippen LogP contribution in [0.5, 0.6) is 0 Å². The van der Waals surface area contributed by atoms with E-state index in [1.165, 1.54) is 10.3 Å². The van der Waals surface area contributed by atoms with Gasteiger partial charge in [0.25, 0.3) is 0 Å². The van der Waals surface area contributed by atoms with Crippen LogP contribution in [0.3, 0.4) is 0 Å². The molecule has 0 aliphatic heterocycles. The lowest BCUT2D eigenvalue weighted by atomic mass is 10.1. The molecule has 2 nitrogen and oxygen atoms in total. The summed E-state index contributed by atoms with van der Waals surface area (Å²) in [5, 5.41) is 5.29. The molecule has 0 bridgehead atoms. The molecular weight excluding hydrogens is 248 g/mol. The maximum absolute atomic E-state index is 6.17. The highest BCUT2D eigenvalue weighted by atomic mass is 32.1. The van der Waals surface area contributed by atoms with Crippen molar-refractivity contribution in [2.75, 3.05) is 0 Å². The third-order valence-electron chi connectivity index (χ3n) is 2.70. The third kappa shape index (κ3) is 2.24. The molecule has 4 heteroatoms. The normalized spacial score (nSPS) is 13.0. The first-order valence-corrected chi connectivity index (χ1v) is 7.21. The van der Waals surface area contributed by atoms with Crippen molar-refractivity contribution in [3.8, 4) is 0 Å². The number of thiazole rings is 1. The third-order valence-corrected chi connectivity index (χ3v) is 4.46. The molecule has 17 heavy (non-hydrogen) atoms. The first kappa shape index (κ1) is 10.9. The molecule has 86 valence electrons. The Morgan fingerprint density at radius 2 is 2.12 bits per heavy atom. The van der Waals surface area contributed by atoms with Crippen LogP contribution >= 0.6 is 22.7 Å². The zero-order valence-corrected chi connectivity index (χ0v) is 10.8. The SMILES string of the molecule is NC(Cc1nc2ccccc2s1)c1ccsc1. The molecule has 3 rings (SSSR count). The van der Waals surface area contributed by atoms with Gasteiger partial charge in [0.1, 0.15) is 0 Å². The average Bonchev–Trinajstić information content (AvgIpc) is 2.97. The summed E-state index contributed by atoms with van der Waals surface area (Å²) in [4.78, 5) is 4.60. The van der Waals surface area contributed by atoms with Crippen molar-refractivity contribution >= 4 is 32.9 Å². The van der Waals surface area contributed by atoms with Gasteiger partial charge in [0, 0.05) is 12.5 Å². The Morgan fingerprint density at radius 1 is 1.24 bits per heavy atom. The van der Waals surface area contributed by atoms with Gasteiger partial charge in [-0.3, -0.25) is 0 Å². The van der Waals surface area contributed by atoms with E-state index in [4.69, 9.17) is 5.73 Å². The molecule has 1 unspecified atom stereocenters. The fourth-order valence-electron chi connectivity index (χ4n) is 1.80. The number of fused-ring (bicyclic) bond motifs is 1. The number of rotatable bonds is 3. The first-order chi connectivity index (χ1) is 8.33. The van der Waals surface area contributed by atoms with E-state index in [1.807, 2.05) is 18.2 Å². The van der Waals surface area contributed by atoms with Crippen molar-refractivity contribution < 1.29 is 0 Å². The summed E-state index contributed by atoms with van der Waals surface area (Å²) in [7, 11) is 0. The summed E-state index contributed by atoms with van der Waals surface area (Å²) in [5.41, 5.74) is 8.44. The van der Waals surface area contributed by atoms with E-state index < -0.39 is 0 Å². The van der Waals surface area contributed by atoms with Crippen LogP contribution in [-0.4, -0.2) is 4.98 Å². The van der Waals surface area contributed by atoms with Crippen molar-refractivity contribution in [2.45, 2.75) is 12.5 Å². The maximum Gasteiger partial charge on any atom is 0.0957 e. The number of nitrogens with two attached hydrogens (primary N) is 1. The highest BCUT2D eigenvalue weighted by Crippen LogP contribution is 2.25. The molecule has 0 saturated heterocycles. The quantitative estimate of drug-likeness (QED) is 0.781. The first-order valence-electron chi connectivity index (χ1n) is 5.45. The van der Waals surface area contributed by atoms with Gasteiger partial charge in [0.2, 0.25) is 0 Å². The Labute approximate surface area is 108 Å². The van der Waals surface area contributed by atoms with Crippen LogP contribution in [0.1, 0.15) is 16.6 Å². The second kappa shape index (κ2) is 4.56. The highest BCUT2D eigenvalue weighted by molar-refractivity contribution is 7.18. The molecule has 0 amide bonds. The van der Waals surface area contributed by atoms with Crippen LogP contribution < -0.4 is 5.73 Å². The predicted molar refractivity (Wildman–Crippen MR) is 74.6 cm³/mol. The summed E-state index contributed by atoms with van der Waals surface area (Å²) in [6.07, 6.45) is 0.816. The number of thiophene rings is 1. The summed E-state index contributed by atoms with van der Waals surface area (Å²) in [6.45, 7) is 0. The number of nitrogens with zero attached hydrogens (tertiary/aromatic N) is 1. The van der Waals surface area contributed by atoms with Gasteiger partial charge in [-0.2, -0.15) is 11.3 Å². The number of hydrogen-bond donors (Lipinski definition) is 1. The summed E-state index contributed by atoms with van der Waals surface area (Å²) in [6, 6.07) is 10.4. The van der Waals surface area contributed by atoms with Gasteiger partial charge in [-0.25, -0.2) is 4.98 Å². The van der Waals surface area contributed by atoms with Gasteiger partial charge in [-0.1, -0.05) is 12.1 Å². The monoisotopic (exact) mass is 260 g/mol. The van der Waals surface area contributed by atoms with E-state index in [2.05, 4.69) is 27.9 Å². The molecular formula is C13H12N2S2. The summed E-state index contributed by atoms with van der Waals surface area (Å²) in [5.74, 6) is 0. The smallest absolute Gasteiger partial charge is 0.0957 e. The maximum atomic E-state index is 6.17. The van der Waals surface area contributed by atoms with Crippen LogP contribution in [-0.2, 0) is 6.42 Å². The van der Waals surface area contributed by atoms with Gasteiger partial charge in [-0.15, -0.1) is 11.3 Å². The van der Waals surface area contributed by atoms with Crippen LogP contribution in [0.4, 0.5) is 0 Å². The standard InChI is InChI=1S/C13H12N2S2/c14-10(9-5-6-16-8-9)7-13-15-11-3-1-2-4-12(11)17-13/h1-6,8,10H,7,14H2. The van der Waals surface area contributed by atoms with Crippen molar-refractivity contribution in [3.63, 3.8) is 0 Å². The second-order valence-corrected chi connectivity index (χ2v) is 5.84.